The summed E-state index contributed by atoms with van der Waals surface area (Å²) < 4.78 is 5.72. The third-order valence-corrected chi connectivity index (χ3v) is 4.95. The molecule has 1 N–H and O–H groups in total. The minimum atomic E-state index is -0.486. The molecule has 1 heterocycles. The lowest BCUT2D eigenvalue weighted by Gasteiger charge is -2.09. The molecule has 5 aromatic rings. The number of fused-ring (bicyclic) bond motifs is 4. The Morgan fingerprint density at radius 3 is 2.21 bits per heavy atom. The van der Waals surface area contributed by atoms with Crippen molar-refractivity contribution in [1.82, 2.24) is 0 Å². The molecule has 1 aromatic heterocycles. The number of amides is 1. The van der Waals surface area contributed by atoms with Crippen LogP contribution in [0.1, 0.15) is 10.4 Å². The zero-order chi connectivity index (χ0) is 19.1. The van der Waals surface area contributed by atoms with Crippen LogP contribution in [0, 0.1) is 0 Å². The fourth-order valence-electron chi connectivity index (χ4n) is 3.55. The molecule has 0 bridgehead atoms. The highest BCUT2D eigenvalue weighted by Gasteiger charge is 2.16. The maximum atomic E-state index is 12.9. The molecule has 4 nitrogen and oxygen atoms in total. The van der Waals surface area contributed by atoms with Crippen molar-refractivity contribution < 1.29 is 9.21 Å². The molecule has 0 saturated heterocycles. The highest BCUT2D eigenvalue weighted by Crippen LogP contribution is 2.25. The van der Waals surface area contributed by atoms with E-state index in [2.05, 4.69) is 5.32 Å². The molecule has 4 heteroatoms. The number of carbonyl (C=O) groups is 1. The molecule has 0 aliphatic rings. The van der Waals surface area contributed by atoms with Gasteiger partial charge >= 0.3 is 0 Å². The zero-order valence-corrected chi connectivity index (χ0v) is 14.8. The van der Waals surface area contributed by atoms with Gasteiger partial charge in [0, 0.05) is 16.5 Å². The summed E-state index contributed by atoms with van der Waals surface area (Å²) in [6, 6.07) is 24.7. The van der Waals surface area contributed by atoms with Crippen molar-refractivity contribution in [2.75, 3.05) is 5.32 Å². The summed E-state index contributed by atoms with van der Waals surface area (Å²) in [6.07, 6.45) is 1.25. The van der Waals surface area contributed by atoms with E-state index in [4.69, 9.17) is 4.42 Å². The highest BCUT2D eigenvalue weighted by atomic mass is 16.3. The lowest BCUT2D eigenvalue weighted by atomic mass is 10.1. The summed E-state index contributed by atoms with van der Waals surface area (Å²) >= 11 is 0. The average Bonchev–Trinajstić information content (AvgIpc) is 2.74. The number of carbonyl (C=O) groups excluding carboxylic acids is 1. The van der Waals surface area contributed by atoms with Gasteiger partial charge in [0.05, 0.1) is 5.39 Å². The quantitative estimate of drug-likeness (QED) is 0.429. The van der Waals surface area contributed by atoms with Crippen LogP contribution < -0.4 is 10.7 Å². The van der Waals surface area contributed by atoms with Crippen molar-refractivity contribution in [2.24, 2.45) is 0 Å². The molecule has 134 valence electrons. The molecule has 28 heavy (non-hydrogen) atoms. The summed E-state index contributed by atoms with van der Waals surface area (Å²) in [5.41, 5.74) is 0.784. The standard InChI is InChI=1S/C24H15NO3/c26-22-19-13-12-16-7-2-4-10-18(16)23(19)28-14-20(22)24(27)25-21-11-5-8-15-6-1-3-9-17(15)21/h1-14H,(H,25,27). The van der Waals surface area contributed by atoms with Gasteiger partial charge in [-0.2, -0.15) is 0 Å². The zero-order valence-electron chi connectivity index (χ0n) is 14.8. The van der Waals surface area contributed by atoms with Crippen LogP contribution in [0.3, 0.4) is 0 Å². The predicted molar refractivity (Wildman–Crippen MR) is 112 cm³/mol. The molecular formula is C24H15NO3. The van der Waals surface area contributed by atoms with Crippen LogP contribution in [0.25, 0.3) is 32.5 Å². The van der Waals surface area contributed by atoms with Gasteiger partial charge in [0.1, 0.15) is 17.4 Å². The van der Waals surface area contributed by atoms with Crippen LogP contribution in [-0.4, -0.2) is 5.91 Å². The molecule has 0 fully saturated rings. The van der Waals surface area contributed by atoms with E-state index in [1.54, 1.807) is 6.07 Å². The van der Waals surface area contributed by atoms with Gasteiger partial charge < -0.3 is 9.73 Å². The van der Waals surface area contributed by atoms with Crippen LogP contribution >= 0.6 is 0 Å². The summed E-state index contributed by atoms with van der Waals surface area (Å²) in [4.78, 5) is 25.8. The van der Waals surface area contributed by atoms with E-state index >= 15 is 0 Å². The lowest BCUT2D eigenvalue weighted by molar-refractivity contribution is 0.102. The maximum absolute atomic E-state index is 12.9. The molecule has 1 amide bonds. The monoisotopic (exact) mass is 365 g/mol. The first-order valence-corrected chi connectivity index (χ1v) is 8.95. The second kappa shape index (κ2) is 6.35. The Morgan fingerprint density at radius 2 is 1.39 bits per heavy atom. The Labute approximate surface area is 160 Å². The number of hydrogen-bond donors (Lipinski definition) is 1. The minimum absolute atomic E-state index is 0.0179. The third kappa shape index (κ3) is 2.55. The first-order valence-electron chi connectivity index (χ1n) is 8.95. The van der Waals surface area contributed by atoms with Crippen molar-refractivity contribution in [2.45, 2.75) is 0 Å². The molecule has 4 aromatic carbocycles. The highest BCUT2D eigenvalue weighted by molar-refractivity contribution is 6.11. The number of nitrogens with one attached hydrogen (secondary N) is 1. The Balaban J connectivity index is 1.61. The van der Waals surface area contributed by atoms with Crippen LogP contribution in [-0.2, 0) is 0 Å². The van der Waals surface area contributed by atoms with Crippen LogP contribution in [0.4, 0.5) is 5.69 Å². The second-order valence-electron chi connectivity index (χ2n) is 6.62. The van der Waals surface area contributed by atoms with Gasteiger partial charge in [0.25, 0.3) is 5.91 Å². The van der Waals surface area contributed by atoms with E-state index in [-0.39, 0.29) is 11.0 Å². The van der Waals surface area contributed by atoms with E-state index in [0.717, 1.165) is 21.5 Å². The summed E-state index contributed by atoms with van der Waals surface area (Å²) in [7, 11) is 0. The Bertz CT molecular complexity index is 1430. The fraction of sp³-hybridized carbons (Fsp3) is 0. The Morgan fingerprint density at radius 1 is 0.714 bits per heavy atom. The molecular weight excluding hydrogens is 350 g/mol. The predicted octanol–water partition coefficient (Wildman–Crippen LogP) is 5.35. The van der Waals surface area contributed by atoms with Crippen molar-refractivity contribution in [3.8, 4) is 0 Å². The van der Waals surface area contributed by atoms with E-state index in [0.29, 0.717) is 16.7 Å². The molecule has 5 rings (SSSR count). The molecule has 0 saturated carbocycles. The Kier molecular flexibility index (Phi) is 3.69. The van der Waals surface area contributed by atoms with Gasteiger partial charge in [-0.25, -0.2) is 0 Å². The van der Waals surface area contributed by atoms with Crippen molar-refractivity contribution in [3.63, 3.8) is 0 Å². The number of rotatable bonds is 2. The number of hydrogen-bond acceptors (Lipinski definition) is 3. The van der Waals surface area contributed by atoms with Gasteiger partial charge in [0.2, 0.25) is 5.43 Å². The van der Waals surface area contributed by atoms with E-state index in [1.807, 2.05) is 72.8 Å². The van der Waals surface area contributed by atoms with E-state index < -0.39 is 5.91 Å². The molecule has 0 aliphatic carbocycles. The van der Waals surface area contributed by atoms with Crippen LogP contribution in [0.5, 0.6) is 0 Å². The molecule has 0 spiro atoms. The number of benzene rings is 4. The Hall–Kier alpha value is -3.92. The van der Waals surface area contributed by atoms with E-state index in [1.165, 1.54) is 6.26 Å². The average molecular weight is 365 g/mol. The van der Waals surface area contributed by atoms with Crippen LogP contribution in [0.2, 0.25) is 0 Å². The summed E-state index contributed by atoms with van der Waals surface area (Å²) in [6.45, 7) is 0. The largest absolute Gasteiger partial charge is 0.463 e. The smallest absolute Gasteiger partial charge is 0.262 e. The third-order valence-electron chi connectivity index (χ3n) is 4.95. The van der Waals surface area contributed by atoms with Crippen molar-refractivity contribution in [3.05, 3.63) is 101 Å². The lowest BCUT2D eigenvalue weighted by Crippen LogP contribution is -2.21. The first kappa shape index (κ1) is 16.3. The van der Waals surface area contributed by atoms with Gasteiger partial charge in [-0.15, -0.1) is 0 Å². The minimum Gasteiger partial charge on any atom is -0.463 e. The molecule has 0 atom stereocenters. The molecule has 0 radical (unpaired) electrons. The van der Waals surface area contributed by atoms with Crippen LogP contribution in [0.15, 0.2) is 94.3 Å². The normalized spacial score (nSPS) is 11.1. The summed E-state index contributed by atoms with van der Waals surface area (Å²) in [5.74, 6) is -0.486. The van der Waals surface area contributed by atoms with Gasteiger partial charge in [-0.3, -0.25) is 9.59 Å². The fourth-order valence-corrected chi connectivity index (χ4v) is 3.55. The van der Waals surface area contributed by atoms with E-state index in [9.17, 15) is 9.59 Å². The van der Waals surface area contributed by atoms with Gasteiger partial charge in [0.15, 0.2) is 0 Å². The molecule has 0 unspecified atom stereocenters. The number of anilines is 1. The second-order valence-corrected chi connectivity index (χ2v) is 6.62. The van der Waals surface area contributed by atoms with Gasteiger partial charge in [-0.1, -0.05) is 66.7 Å². The SMILES string of the molecule is O=C(Nc1cccc2ccccc12)c1coc2c(ccc3ccccc32)c1=O. The first-order chi connectivity index (χ1) is 13.7. The van der Waals surface area contributed by atoms with Crippen molar-refractivity contribution >= 4 is 44.1 Å². The molecule has 0 aliphatic heterocycles. The topological polar surface area (TPSA) is 59.3 Å². The van der Waals surface area contributed by atoms with Crippen molar-refractivity contribution in [1.29, 1.82) is 0 Å². The van der Waals surface area contributed by atoms with Gasteiger partial charge in [-0.05, 0) is 22.9 Å². The summed E-state index contributed by atoms with van der Waals surface area (Å²) in [5, 5.41) is 6.98. The maximum Gasteiger partial charge on any atom is 0.262 e.